The molecule has 0 atom stereocenters. The van der Waals surface area contributed by atoms with Gasteiger partial charge in [-0.15, -0.1) is 0 Å². The molecule has 0 unspecified atom stereocenters. The Labute approximate surface area is 134 Å². The van der Waals surface area contributed by atoms with Gasteiger partial charge in [0.2, 0.25) is 15.9 Å². The van der Waals surface area contributed by atoms with Gasteiger partial charge >= 0.3 is 0 Å². The van der Waals surface area contributed by atoms with Crippen LogP contribution in [-0.2, 0) is 14.8 Å². The summed E-state index contributed by atoms with van der Waals surface area (Å²) >= 11 is 0. The van der Waals surface area contributed by atoms with Gasteiger partial charge in [0, 0.05) is 26.1 Å². The van der Waals surface area contributed by atoms with Crippen LogP contribution in [0.2, 0.25) is 0 Å². The predicted octanol–water partition coefficient (Wildman–Crippen LogP) is 1.13. The lowest BCUT2D eigenvalue weighted by molar-refractivity contribution is -0.119. The number of carbonyl (C=O) groups is 1. The first-order valence-electron chi connectivity index (χ1n) is 7.47. The molecule has 0 aliphatic carbocycles. The quantitative estimate of drug-likeness (QED) is 0.893. The number of hydrogen-bond donors (Lipinski definition) is 1. The highest BCUT2D eigenvalue weighted by molar-refractivity contribution is 7.89. The van der Waals surface area contributed by atoms with E-state index in [-0.39, 0.29) is 22.0 Å². The van der Waals surface area contributed by atoms with Crippen LogP contribution in [0.5, 0.6) is 5.75 Å². The van der Waals surface area contributed by atoms with E-state index >= 15 is 0 Å². The second kappa shape index (κ2) is 5.76. The zero-order valence-corrected chi connectivity index (χ0v) is 13.7. The lowest BCUT2D eigenvalue weighted by Gasteiger charge is -2.37. The number of nitrogens with zero attached hydrogens (tertiary/aromatic N) is 1. The van der Waals surface area contributed by atoms with Crippen molar-refractivity contribution >= 4 is 15.9 Å². The average molecular weight is 342 g/mol. The molecule has 126 valence electrons. The van der Waals surface area contributed by atoms with Gasteiger partial charge in [0.25, 0.3) is 0 Å². The maximum Gasteiger partial charge on any atom is 0.243 e. The van der Waals surface area contributed by atoms with Gasteiger partial charge < -0.3 is 10.1 Å². The molecule has 3 rings (SSSR count). The number of amides is 1. The van der Waals surface area contributed by atoms with E-state index in [0.717, 1.165) is 6.07 Å². The van der Waals surface area contributed by atoms with Gasteiger partial charge in [-0.3, -0.25) is 4.79 Å². The van der Waals surface area contributed by atoms with Crippen LogP contribution >= 0.6 is 0 Å². The third kappa shape index (κ3) is 2.92. The number of carbonyl (C=O) groups excluding carboxylic acids is 1. The minimum atomic E-state index is -3.74. The molecule has 0 radical (unpaired) electrons. The van der Waals surface area contributed by atoms with E-state index in [1.165, 1.54) is 23.5 Å². The van der Waals surface area contributed by atoms with Gasteiger partial charge in [0.1, 0.15) is 0 Å². The summed E-state index contributed by atoms with van der Waals surface area (Å²) in [5, 5.41) is 2.82. The Morgan fingerprint density at radius 3 is 2.52 bits per heavy atom. The van der Waals surface area contributed by atoms with E-state index < -0.39 is 15.8 Å². The van der Waals surface area contributed by atoms with Crippen LogP contribution in [0.4, 0.5) is 4.39 Å². The normalized spacial score (nSPS) is 21.4. The molecule has 23 heavy (non-hydrogen) atoms. The molecule has 1 amide bonds. The predicted molar refractivity (Wildman–Crippen MR) is 81.0 cm³/mol. The van der Waals surface area contributed by atoms with E-state index in [1.807, 2.05) is 0 Å². The first-order valence-corrected chi connectivity index (χ1v) is 8.91. The van der Waals surface area contributed by atoms with Gasteiger partial charge in [0.05, 0.1) is 12.0 Å². The Morgan fingerprint density at radius 1 is 1.30 bits per heavy atom. The standard InChI is InChI=1S/C15H19FN2O4S/c1-22-13-3-2-11(8-12(13)16)23(20,21)18-6-4-15(5-7-18)9-14(19)17-10-15/h2-3,8H,4-7,9-10H2,1H3,(H,17,19). The second-order valence-corrected chi connectivity index (χ2v) is 8.09. The lowest BCUT2D eigenvalue weighted by atomic mass is 9.78. The molecule has 8 heteroatoms. The Morgan fingerprint density at radius 2 is 2.00 bits per heavy atom. The summed E-state index contributed by atoms with van der Waals surface area (Å²) in [7, 11) is -2.41. The lowest BCUT2D eigenvalue weighted by Crippen LogP contribution is -2.43. The Bertz CT molecular complexity index is 727. The van der Waals surface area contributed by atoms with Gasteiger partial charge in [-0.05, 0) is 36.5 Å². The molecule has 1 N–H and O–H groups in total. The van der Waals surface area contributed by atoms with Crippen molar-refractivity contribution in [3.05, 3.63) is 24.0 Å². The van der Waals surface area contributed by atoms with Crippen LogP contribution in [0, 0.1) is 11.2 Å². The number of benzene rings is 1. The van der Waals surface area contributed by atoms with Crippen LogP contribution in [0.15, 0.2) is 23.1 Å². The summed E-state index contributed by atoms with van der Waals surface area (Å²) in [6.45, 7) is 1.28. The molecule has 1 aromatic carbocycles. The molecule has 0 aromatic heterocycles. The molecule has 2 saturated heterocycles. The second-order valence-electron chi connectivity index (χ2n) is 6.15. The van der Waals surface area contributed by atoms with Gasteiger partial charge in [-0.2, -0.15) is 4.31 Å². The molecule has 1 spiro atoms. The van der Waals surface area contributed by atoms with E-state index in [0.29, 0.717) is 38.9 Å². The van der Waals surface area contributed by atoms with E-state index in [9.17, 15) is 17.6 Å². The topological polar surface area (TPSA) is 75.7 Å². The maximum absolute atomic E-state index is 13.8. The highest BCUT2D eigenvalue weighted by Gasteiger charge is 2.43. The zero-order chi connectivity index (χ0) is 16.7. The third-order valence-corrected chi connectivity index (χ3v) is 6.63. The van der Waals surface area contributed by atoms with Gasteiger partial charge in [-0.1, -0.05) is 0 Å². The van der Waals surface area contributed by atoms with Crippen LogP contribution < -0.4 is 10.1 Å². The van der Waals surface area contributed by atoms with Crippen molar-refractivity contribution in [3.8, 4) is 5.75 Å². The number of piperidine rings is 1. The highest BCUT2D eigenvalue weighted by Crippen LogP contribution is 2.39. The van der Waals surface area contributed by atoms with Crippen molar-refractivity contribution in [1.82, 2.24) is 9.62 Å². The maximum atomic E-state index is 13.8. The van der Waals surface area contributed by atoms with Crippen LogP contribution in [-0.4, -0.2) is 45.4 Å². The number of methoxy groups -OCH3 is 1. The van der Waals surface area contributed by atoms with Crippen LogP contribution in [0.1, 0.15) is 19.3 Å². The fraction of sp³-hybridized carbons (Fsp3) is 0.533. The summed E-state index contributed by atoms with van der Waals surface area (Å²) < 4.78 is 45.2. The molecule has 2 fully saturated rings. The molecule has 2 aliphatic heterocycles. The average Bonchev–Trinajstić information content (AvgIpc) is 2.88. The van der Waals surface area contributed by atoms with Gasteiger partial charge in [-0.25, -0.2) is 12.8 Å². The van der Waals surface area contributed by atoms with Crippen molar-refractivity contribution in [2.45, 2.75) is 24.2 Å². The zero-order valence-electron chi connectivity index (χ0n) is 12.8. The molecule has 0 saturated carbocycles. The Balaban J connectivity index is 1.76. The molecule has 0 bridgehead atoms. The number of nitrogens with one attached hydrogen (secondary N) is 1. The molecular weight excluding hydrogens is 323 g/mol. The van der Waals surface area contributed by atoms with Crippen molar-refractivity contribution in [2.24, 2.45) is 5.41 Å². The highest BCUT2D eigenvalue weighted by atomic mass is 32.2. The van der Waals surface area contributed by atoms with Gasteiger partial charge in [0.15, 0.2) is 11.6 Å². The summed E-state index contributed by atoms with van der Waals surface area (Å²) in [6.07, 6.45) is 1.71. The molecule has 6 nitrogen and oxygen atoms in total. The summed E-state index contributed by atoms with van der Waals surface area (Å²) in [4.78, 5) is 11.3. The summed E-state index contributed by atoms with van der Waals surface area (Å²) in [6, 6.07) is 3.65. The smallest absolute Gasteiger partial charge is 0.243 e. The number of hydrogen-bond acceptors (Lipinski definition) is 4. The van der Waals surface area contributed by atoms with E-state index in [4.69, 9.17) is 4.74 Å². The number of sulfonamides is 1. The molecular formula is C15H19FN2O4S. The van der Waals surface area contributed by atoms with E-state index in [1.54, 1.807) is 0 Å². The van der Waals surface area contributed by atoms with E-state index in [2.05, 4.69) is 5.32 Å². The molecule has 1 aromatic rings. The third-order valence-electron chi connectivity index (χ3n) is 4.74. The number of ether oxygens (including phenoxy) is 1. The fourth-order valence-electron chi connectivity index (χ4n) is 3.26. The first kappa shape index (κ1) is 16.2. The summed E-state index contributed by atoms with van der Waals surface area (Å²) in [5.74, 6) is -0.664. The van der Waals surface area contributed by atoms with Crippen molar-refractivity contribution < 1.29 is 22.3 Å². The number of rotatable bonds is 3. The minimum absolute atomic E-state index is 0.0112. The van der Waals surface area contributed by atoms with Crippen molar-refractivity contribution in [2.75, 3.05) is 26.7 Å². The Kier molecular flexibility index (Phi) is 4.05. The fourth-order valence-corrected chi connectivity index (χ4v) is 4.72. The number of halogens is 1. The monoisotopic (exact) mass is 342 g/mol. The largest absolute Gasteiger partial charge is 0.494 e. The molecule has 2 heterocycles. The molecule has 2 aliphatic rings. The van der Waals surface area contributed by atoms with Crippen LogP contribution in [0.25, 0.3) is 0 Å². The van der Waals surface area contributed by atoms with Crippen molar-refractivity contribution in [1.29, 1.82) is 0 Å². The first-order chi connectivity index (χ1) is 10.9. The van der Waals surface area contributed by atoms with Crippen LogP contribution in [0.3, 0.4) is 0 Å². The Hall–Kier alpha value is -1.67. The SMILES string of the molecule is COc1ccc(S(=O)(=O)N2CCC3(CC2)CNC(=O)C3)cc1F. The minimum Gasteiger partial charge on any atom is -0.494 e. The van der Waals surface area contributed by atoms with Crippen molar-refractivity contribution in [3.63, 3.8) is 0 Å². The summed E-state index contributed by atoms with van der Waals surface area (Å²) in [5.41, 5.74) is -0.131.